The fourth-order valence-electron chi connectivity index (χ4n) is 14.3. The van der Waals surface area contributed by atoms with Gasteiger partial charge in [0.15, 0.2) is 6.29 Å². The minimum atomic E-state index is -1.44. The van der Waals surface area contributed by atoms with Crippen molar-refractivity contribution in [1.29, 1.82) is 0 Å². The first-order valence-corrected chi connectivity index (χ1v) is 19.4. The fourth-order valence-corrected chi connectivity index (χ4v) is 14.3. The van der Waals surface area contributed by atoms with E-state index in [4.69, 9.17) is 15.2 Å². The van der Waals surface area contributed by atoms with Crippen molar-refractivity contribution in [3.8, 4) is 0 Å². The molecule has 0 aromatic rings. The Morgan fingerprint density at radius 3 is 2.02 bits per heavy atom. The molecular weight excluding hydrogens is 610 g/mol. The molecule has 0 amide bonds. The molecule has 8 N–H and O–H groups in total. The van der Waals surface area contributed by atoms with Gasteiger partial charge in [-0.1, -0.05) is 54.9 Å². The molecule has 9 heteroatoms. The molecule has 6 aliphatic rings. The molecule has 0 aromatic heterocycles. The molecule has 1 heterocycles. The van der Waals surface area contributed by atoms with Crippen LogP contribution in [0.3, 0.4) is 0 Å². The zero-order valence-corrected chi connectivity index (χ0v) is 30.9. The highest BCUT2D eigenvalue weighted by Crippen LogP contribution is 2.78. The molecule has 278 valence electrons. The van der Waals surface area contributed by atoms with Crippen LogP contribution in [-0.4, -0.2) is 92.8 Å². The normalized spacial score (nSPS) is 52.6. The van der Waals surface area contributed by atoms with Crippen molar-refractivity contribution in [1.82, 2.24) is 0 Å². The lowest BCUT2D eigenvalue weighted by Crippen LogP contribution is -2.65. The van der Waals surface area contributed by atoms with Crippen LogP contribution in [0.1, 0.15) is 119 Å². The standard InChI is InChI=1S/C39H69NO8/c1-21(30(43)31(44)24(42)20-47-34-29(40)33(46)32(45)25(19-41)48-34)22-11-16-36(4)23(22)12-17-38(6)27(36)9-10-28-37(5)15-8-14-35(2,3)26(37)13-18-39(28,38)7/h21-34,41-46H,8-20,40H2,1-7H3. The molecule has 5 saturated carbocycles. The fraction of sp³-hybridized carbons (Fsp3) is 1.00. The lowest BCUT2D eigenvalue weighted by atomic mass is 9.32. The molecule has 18 unspecified atom stereocenters. The number of ether oxygens (including phenoxy) is 2. The number of aliphatic hydroxyl groups excluding tert-OH is 6. The first-order chi connectivity index (χ1) is 22.4. The van der Waals surface area contributed by atoms with Crippen LogP contribution in [0.15, 0.2) is 0 Å². The summed E-state index contributed by atoms with van der Waals surface area (Å²) in [5.41, 5.74) is 7.65. The maximum Gasteiger partial charge on any atom is 0.175 e. The molecule has 0 bridgehead atoms. The Hall–Kier alpha value is -0.360. The van der Waals surface area contributed by atoms with E-state index >= 15 is 0 Å². The Morgan fingerprint density at radius 1 is 0.750 bits per heavy atom. The van der Waals surface area contributed by atoms with Crippen LogP contribution in [0.4, 0.5) is 0 Å². The van der Waals surface area contributed by atoms with Crippen LogP contribution >= 0.6 is 0 Å². The summed E-state index contributed by atoms with van der Waals surface area (Å²) in [5, 5.41) is 63.2. The third-order valence-corrected chi connectivity index (χ3v) is 17.1. The Kier molecular flexibility index (Phi) is 10.1. The Labute approximate surface area is 289 Å². The number of aliphatic hydroxyl groups is 6. The molecule has 0 spiro atoms. The minimum Gasteiger partial charge on any atom is -0.394 e. The van der Waals surface area contributed by atoms with Crippen molar-refractivity contribution in [2.75, 3.05) is 13.2 Å². The second-order valence-corrected chi connectivity index (χ2v) is 19.3. The Balaban J connectivity index is 1.12. The van der Waals surface area contributed by atoms with Crippen molar-refractivity contribution < 1.29 is 40.1 Å². The van der Waals surface area contributed by atoms with Crippen LogP contribution in [0.5, 0.6) is 0 Å². The van der Waals surface area contributed by atoms with Gasteiger partial charge < -0.3 is 45.8 Å². The highest BCUT2D eigenvalue weighted by atomic mass is 16.7. The zero-order valence-electron chi connectivity index (χ0n) is 30.9. The quantitative estimate of drug-likeness (QED) is 0.201. The van der Waals surface area contributed by atoms with Gasteiger partial charge in [-0.15, -0.1) is 0 Å². The highest BCUT2D eigenvalue weighted by molar-refractivity contribution is 5.19. The average molecular weight is 680 g/mol. The topological polar surface area (TPSA) is 166 Å². The SMILES string of the molecule is CC(C(O)C(O)C(O)COC1OC(CO)C(O)C(O)C1N)C1CCC2(C)C1CCC1(C)C2CCC2C3(C)CCCC(C)(C)C3CCC21C. The average Bonchev–Trinajstić information content (AvgIpc) is 3.38. The van der Waals surface area contributed by atoms with Crippen LogP contribution in [0, 0.1) is 62.6 Å². The smallest absolute Gasteiger partial charge is 0.175 e. The summed E-state index contributed by atoms with van der Waals surface area (Å²) in [4.78, 5) is 0. The van der Waals surface area contributed by atoms with Crippen LogP contribution < -0.4 is 5.73 Å². The van der Waals surface area contributed by atoms with Gasteiger partial charge in [0.05, 0.1) is 25.4 Å². The van der Waals surface area contributed by atoms with Crippen molar-refractivity contribution in [3.63, 3.8) is 0 Å². The van der Waals surface area contributed by atoms with Gasteiger partial charge in [0.1, 0.15) is 30.5 Å². The molecule has 5 aliphatic carbocycles. The van der Waals surface area contributed by atoms with E-state index in [-0.39, 0.29) is 23.9 Å². The second-order valence-electron chi connectivity index (χ2n) is 19.3. The maximum atomic E-state index is 11.5. The monoisotopic (exact) mass is 680 g/mol. The molecule has 0 aromatic carbocycles. The summed E-state index contributed by atoms with van der Waals surface area (Å²) in [6.07, 6.45) is 4.99. The third kappa shape index (κ3) is 5.50. The van der Waals surface area contributed by atoms with Gasteiger partial charge >= 0.3 is 0 Å². The van der Waals surface area contributed by atoms with Gasteiger partial charge in [-0.25, -0.2) is 0 Å². The molecule has 9 nitrogen and oxygen atoms in total. The van der Waals surface area contributed by atoms with Gasteiger partial charge in [-0.2, -0.15) is 0 Å². The predicted molar refractivity (Wildman–Crippen MR) is 183 cm³/mol. The van der Waals surface area contributed by atoms with Crippen molar-refractivity contribution >= 4 is 0 Å². The van der Waals surface area contributed by atoms with E-state index in [1.165, 1.54) is 51.4 Å². The lowest BCUT2D eigenvalue weighted by molar-refractivity contribution is -0.273. The Bertz CT molecular complexity index is 1150. The van der Waals surface area contributed by atoms with E-state index in [9.17, 15) is 30.6 Å². The number of nitrogens with two attached hydrogens (primary N) is 1. The summed E-state index contributed by atoms with van der Waals surface area (Å²) >= 11 is 0. The number of hydrogen-bond acceptors (Lipinski definition) is 9. The molecule has 1 saturated heterocycles. The molecular formula is C39H69NO8. The van der Waals surface area contributed by atoms with Gasteiger partial charge in [0.2, 0.25) is 0 Å². The first-order valence-electron chi connectivity index (χ1n) is 19.4. The summed E-state index contributed by atoms with van der Waals surface area (Å²) in [5.74, 6) is 2.76. The summed E-state index contributed by atoms with van der Waals surface area (Å²) in [6.45, 7) is 16.8. The van der Waals surface area contributed by atoms with Crippen LogP contribution in [-0.2, 0) is 9.47 Å². The molecule has 18 atom stereocenters. The van der Waals surface area contributed by atoms with Gasteiger partial charge in [-0.05, 0) is 127 Å². The Morgan fingerprint density at radius 2 is 1.38 bits per heavy atom. The number of fused-ring (bicyclic) bond motifs is 7. The molecule has 6 fully saturated rings. The van der Waals surface area contributed by atoms with Crippen LogP contribution in [0.2, 0.25) is 0 Å². The number of hydrogen-bond donors (Lipinski definition) is 7. The zero-order chi connectivity index (χ0) is 35.2. The summed E-state index contributed by atoms with van der Waals surface area (Å²) in [7, 11) is 0. The summed E-state index contributed by atoms with van der Waals surface area (Å²) < 4.78 is 11.1. The van der Waals surface area contributed by atoms with Gasteiger partial charge in [0, 0.05) is 0 Å². The van der Waals surface area contributed by atoms with E-state index in [1.54, 1.807) is 0 Å². The van der Waals surface area contributed by atoms with Crippen molar-refractivity contribution in [3.05, 3.63) is 0 Å². The highest BCUT2D eigenvalue weighted by Gasteiger charge is 2.70. The third-order valence-electron chi connectivity index (χ3n) is 17.1. The van der Waals surface area contributed by atoms with Gasteiger partial charge in [-0.3, -0.25) is 0 Å². The van der Waals surface area contributed by atoms with Gasteiger partial charge in [0.25, 0.3) is 0 Å². The second kappa shape index (κ2) is 12.9. The van der Waals surface area contributed by atoms with E-state index in [2.05, 4.69) is 41.5 Å². The molecule has 0 radical (unpaired) electrons. The van der Waals surface area contributed by atoms with Crippen molar-refractivity contribution in [2.45, 2.75) is 168 Å². The van der Waals surface area contributed by atoms with E-state index in [0.29, 0.717) is 33.5 Å². The number of rotatable bonds is 8. The van der Waals surface area contributed by atoms with Crippen molar-refractivity contribution in [2.24, 2.45) is 68.3 Å². The van der Waals surface area contributed by atoms with E-state index in [0.717, 1.165) is 31.1 Å². The maximum absolute atomic E-state index is 11.5. The minimum absolute atomic E-state index is 0.193. The molecule has 6 rings (SSSR count). The largest absolute Gasteiger partial charge is 0.394 e. The lowest BCUT2D eigenvalue weighted by Gasteiger charge is -2.73. The van der Waals surface area contributed by atoms with E-state index < -0.39 is 55.6 Å². The summed E-state index contributed by atoms with van der Waals surface area (Å²) in [6, 6.07) is -1.10. The first kappa shape index (κ1) is 37.4. The van der Waals surface area contributed by atoms with Crippen LogP contribution in [0.25, 0.3) is 0 Å². The molecule has 48 heavy (non-hydrogen) atoms. The molecule has 1 aliphatic heterocycles. The predicted octanol–water partition coefficient (Wildman–Crippen LogP) is 3.98. The van der Waals surface area contributed by atoms with E-state index in [1.807, 2.05) is 6.92 Å².